The van der Waals surface area contributed by atoms with Gasteiger partial charge in [-0.05, 0) is 23.5 Å². The van der Waals surface area contributed by atoms with Crippen molar-refractivity contribution in [3.8, 4) is 0 Å². The van der Waals surface area contributed by atoms with Gasteiger partial charge in [0.15, 0.2) is 0 Å². The van der Waals surface area contributed by atoms with Crippen LogP contribution < -0.4 is 21.5 Å². The molecule has 0 aliphatic rings. The van der Waals surface area contributed by atoms with Crippen LogP contribution >= 0.6 is 27.7 Å². The van der Waals surface area contributed by atoms with Gasteiger partial charge in [-0.3, -0.25) is 15.2 Å². The van der Waals surface area contributed by atoms with Gasteiger partial charge in [0.05, 0.1) is 5.69 Å². The number of carbonyl (C=O) groups excluding carboxylic acids is 1. The lowest BCUT2D eigenvalue weighted by atomic mass is 10.2. The van der Waals surface area contributed by atoms with E-state index >= 15 is 0 Å². The van der Waals surface area contributed by atoms with E-state index < -0.39 is 0 Å². The van der Waals surface area contributed by atoms with E-state index in [-0.39, 0.29) is 0 Å². The predicted octanol–water partition coefficient (Wildman–Crippen LogP) is 3.10. The molecule has 0 aliphatic carbocycles. The van der Waals surface area contributed by atoms with Crippen molar-refractivity contribution in [2.45, 2.75) is 10.6 Å². The average Bonchev–Trinajstić information content (AvgIpc) is 2.63. The third-order valence-corrected chi connectivity index (χ3v) is 3.95. The summed E-state index contributed by atoms with van der Waals surface area (Å²) in [4.78, 5) is 11.4. The standard InChI is InChI=1S/C15H18N4OS.CH3Br/c1-19(18-17-16-12-20)14-9-5-6-10-15(14)21-11-13-7-3-2-4-8-13;1-2/h2-10,12,17-18H,11H2,1H3,(H,16,20);1H3. The molecule has 0 saturated carbocycles. The Hall–Kier alpha value is -1.54. The zero-order chi connectivity index (χ0) is 16.9. The van der Waals surface area contributed by atoms with Gasteiger partial charge in [0, 0.05) is 17.7 Å². The van der Waals surface area contributed by atoms with E-state index in [2.05, 4.69) is 50.6 Å². The van der Waals surface area contributed by atoms with Gasteiger partial charge in [0.2, 0.25) is 6.41 Å². The average molecular weight is 397 g/mol. The van der Waals surface area contributed by atoms with Crippen molar-refractivity contribution in [2.24, 2.45) is 0 Å². The molecule has 0 unspecified atom stereocenters. The molecule has 1 amide bonds. The molecule has 0 saturated heterocycles. The number of amides is 1. The predicted molar refractivity (Wildman–Crippen MR) is 101 cm³/mol. The first-order chi connectivity index (χ1) is 11.3. The maximum Gasteiger partial charge on any atom is 0.222 e. The summed E-state index contributed by atoms with van der Waals surface area (Å²) in [5, 5.41) is 1.81. The Morgan fingerprint density at radius 1 is 1.09 bits per heavy atom. The zero-order valence-electron chi connectivity index (χ0n) is 13.1. The van der Waals surface area contributed by atoms with Gasteiger partial charge in [-0.25, -0.2) is 0 Å². The van der Waals surface area contributed by atoms with Crippen LogP contribution in [0.2, 0.25) is 0 Å². The third kappa shape index (κ3) is 7.04. The summed E-state index contributed by atoms with van der Waals surface area (Å²) in [5.74, 6) is 2.72. The molecular formula is C16H21BrN4OS. The molecule has 0 heterocycles. The number of thioether (sulfide) groups is 1. The van der Waals surface area contributed by atoms with Gasteiger partial charge >= 0.3 is 0 Å². The van der Waals surface area contributed by atoms with Crippen LogP contribution in [0.4, 0.5) is 5.69 Å². The van der Waals surface area contributed by atoms with Gasteiger partial charge in [0.25, 0.3) is 0 Å². The van der Waals surface area contributed by atoms with E-state index in [1.165, 1.54) is 5.56 Å². The molecule has 0 fully saturated rings. The number of nitrogens with one attached hydrogen (secondary N) is 3. The molecule has 0 radical (unpaired) electrons. The molecule has 2 aromatic rings. The van der Waals surface area contributed by atoms with Crippen LogP contribution in [0.5, 0.6) is 0 Å². The van der Waals surface area contributed by atoms with Crippen molar-refractivity contribution >= 4 is 39.8 Å². The van der Waals surface area contributed by atoms with E-state index in [1.807, 2.05) is 54.3 Å². The number of hydrogen-bond acceptors (Lipinski definition) is 5. The Kier molecular flexibility index (Phi) is 10.1. The number of hydrazine groups is 3. The van der Waals surface area contributed by atoms with E-state index in [1.54, 1.807) is 11.8 Å². The molecule has 0 atom stereocenters. The lowest BCUT2D eigenvalue weighted by Crippen LogP contribution is -2.51. The second kappa shape index (κ2) is 12.0. The summed E-state index contributed by atoms with van der Waals surface area (Å²) >= 11 is 4.71. The van der Waals surface area contributed by atoms with E-state index in [9.17, 15) is 4.79 Å². The highest BCUT2D eigenvalue weighted by atomic mass is 79.9. The topological polar surface area (TPSA) is 56.4 Å². The number of anilines is 1. The van der Waals surface area contributed by atoms with Gasteiger partial charge in [-0.2, -0.15) is 11.1 Å². The van der Waals surface area contributed by atoms with Crippen LogP contribution in [0.1, 0.15) is 5.56 Å². The fourth-order valence-electron chi connectivity index (χ4n) is 1.80. The van der Waals surface area contributed by atoms with Crippen molar-refractivity contribution in [1.29, 1.82) is 0 Å². The molecule has 2 aromatic carbocycles. The minimum Gasteiger partial charge on any atom is -0.296 e. The van der Waals surface area contributed by atoms with Gasteiger partial charge in [0.1, 0.15) is 0 Å². The lowest BCUT2D eigenvalue weighted by molar-refractivity contribution is -0.110. The summed E-state index contributed by atoms with van der Waals surface area (Å²) in [5.41, 5.74) is 10.1. The molecule has 5 nitrogen and oxygen atoms in total. The van der Waals surface area contributed by atoms with Crippen molar-refractivity contribution in [2.75, 3.05) is 17.9 Å². The number of carbonyl (C=O) groups is 1. The number of halogens is 1. The molecule has 2 rings (SSSR count). The molecule has 0 spiro atoms. The Balaban J connectivity index is 0.00000127. The molecule has 3 N–H and O–H groups in total. The summed E-state index contributed by atoms with van der Waals surface area (Å²) < 4.78 is 0. The first-order valence-corrected chi connectivity index (χ1v) is 9.45. The largest absolute Gasteiger partial charge is 0.296 e. The van der Waals surface area contributed by atoms with Crippen LogP contribution in [0, 0.1) is 0 Å². The number of hydrogen-bond donors (Lipinski definition) is 3. The molecule has 124 valence electrons. The van der Waals surface area contributed by atoms with Gasteiger partial charge < -0.3 is 0 Å². The minimum absolute atomic E-state index is 0.566. The highest BCUT2D eigenvalue weighted by molar-refractivity contribution is 9.08. The van der Waals surface area contributed by atoms with Crippen molar-refractivity contribution in [3.05, 3.63) is 60.2 Å². The fourth-order valence-corrected chi connectivity index (χ4v) is 2.84. The monoisotopic (exact) mass is 396 g/mol. The van der Waals surface area contributed by atoms with Crippen LogP contribution in [-0.2, 0) is 10.5 Å². The van der Waals surface area contributed by atoms with Crippen LogP contribution in [0.3, 0.4) is 0 Å². The Morgan fingerprint density at radius 3 is 2.43 bits per heavy atom. The van der Waals surface area contributed by atoms with E-state index in [4.69, 9.17) is 0 Å². The maximum absolute atomic E-state index is 10.2. The Labute approximate surface area is 149 Å². The number of nitrogens with zero attached hydrogens (tertiary/aromatic N) is 1. The van der Waals surface area contributed by atoms with E-state index in [0.717, 1.165) is 16.3 Å². The minimum atomic E-state index is 0.566. The molecule has 7 heteroatoms. The van der Waals surface area contributed by atoms with Gasteiger partial charge in [-0.15, -0.1) is 11.8 Å². The number of rotatable bonds is 8. The SMILES string of the molecule is CBr.CN(NNNC=O)c1ccccc1SCc1ccccc1. The Bertz CT molecular complexity index is 571. The van der Waals surface area contributed by atoms with Crippen molar-refractivity contribution < 1.29 is 4.79 Å². The highest BCUT2D eigenvalue weighted by Crippen LogP contribution is 2.30. The first-order valence-electron chi connectivity index (χ1n) is 6.88. The normalized spacial score (nSPS) is 9.52. The molecular weight excluding hydrogens is 376 g/mol. The maximum atomic E-state index is 10.2. The quantitative estimate of drug-likeness (QED) is 0.210. The zero-order valence-corrected chi connectivity index (χ0v) is 15.5. The van der Waals surface area contributed by atoms with Crippen LogP contribution in [0.25, 0.3) is 0 Å². The Morgan fingerprint density at radius 2 is 1.74 bits per heavy atom. The fraction of sp³-hybridized carbons (Fsp3) is 0.188. The van der Waals surface area contributed by atoms with Crippen LogP contribution in [0.15, 0.2) is 59.5 Å². The number of benzene rings is 2. The smallest absolute Gasteiger partial charge is 0.222 e. The second-order valence-electron chi connectivity index (χ2n) is 4.30. The molecule has 0 aromatic heterocycles. The number of para-hydroxylation sites is 1. The van der Waals surface area contributed by atoms with E-state index in [0.29, 0.717) is 6.41 Å². The number of alkyl halides is 1. The summed E-state index contributed by atoms with van der Waals surface area (Å²) in [7, 11) is 1.88. The van der Waals surface area contributed by atoms with Crippen LogP contribution in [-0.4, -0.2) is 19.3 Å². The molecule has 0 bridgehead atoms. The lowest BCUT2D eigenvalue weighted by Gasteiger charge is -2.22. The second-order valence-corrected chi connectivity index (χ2v) is 5.32. The molecule has 23 heavy (non-hydrogen) atoms. The van der Waals surface area contributed by atoms with Gasteiger partial charge in [-0.1, -0.05) is 58.4 Å². The van der Waals surface area contributed by atoms with Crippen molar-refractivity contribution in [1.82, 2.24) is 16.5 Å². The highest BCUT2D eigenvalue weighted by Gasteiger charge is 2.07. The summed E-state index contributed by atoms with van der Waals surface area (Å²) in [6.45, 7) is 0. The molecule has 0 aliphatic heterocycles. The van der Waals surface area contributed by atoms with Crippen molar-refractivity contribution in [3.63, 3.8) is 0 Å². The summed E-state index contributed by atoms with van der Waals surface area (Å²) in [6.07, 6.45) is 0.566. The first kappa shape index (κ1) is 19.5. The third-order valence-electron chi connectivity index (χ3n) is 2.82. The summed E-state index contributed by atoms with van der Waals surface area (Å²) in [6, 6.07) is 18.4.